The molecular weight excluding hydrogens is 205 g/mol. The second kappa shape index (κ2) is 4.68. The number of H-pyrrole nitrogens is 1. The molecule has 0 unspecified atom stereocenters. The maximum Gasteiger partial charge on any atom is 0.435 e. The van der Waals surface area contributed by atoms with Crippen LogP contribution < -0.4 is 0 Å². The molecule has 0 saturated carbocycles. The number of aryl methyl sites for hydroxylation is 2. The molecule has 0 radical (unpaired) electrons. The van der Waals surface area contributed by atoms with Crippen LogP contribution in [0.25, 0.3) is 0 Å². The molecule has 0 aliphatic rings. The highest BCUT2D eigenvalue weighted by Crippen LogP contribution is 2.31. The van der Waals surface area contributed by atoms with Crippen LogP contribution in [0, 0.1) is 6.92 Å². The Labute approximate surface area is 86.9 Å². The van der Waals surface area contributed by atoms with Gasteiger partial charge >= 0.3 is 6.18 Å². The summed E-state index contributed by atoms with van der Waals surface area (Å²) in [6, 6.07) is 0. The monoisotopic (exact) mass is 220 g/mol. The van der Waals surface area contributed by atoms with Crippen LogP contribution in [0.4, 0.5) is 13.2 Å². The fourth-order valence-electron chi connectivity index (χ4n) is 1.51. The van der Waals surface area contributed by atoms with Crippen molar-refractivity contribution in [2.24, 2.45) is 0 Å². The van der Waals surface area contributed by atoms with Gasteiger partial charge in [-0.2, -0.15) is 13.2 Å². The molecule has 1 aromatic rings. The van der Waals surface area contributed by atoms with Gasteiger partial charge in [-0.25, -0.2) is 4.98 Å². The van der Waals surface area contributed by atoms with E-state index in [0.29, 0.717) is 12.2 Å². The number of unbranched alkanes of at least 4 members (excludes halogenated alkanes) is 2. The highest BCUT2D eigenvalue weighted by atomic mass is 19.4. The molecule has 0 spiro atoms. The van der Waals surface area contributed by atoms with Crippen LogP contribution >= 0.6 is 0 Å². The number of imidazole rings is 1. The minimum absolute atomic E-state index is 0.216. The zero-order valence-electron chi connectivity index (χ0n) is 8.91. The molecule has 0 amide bonds. The first kappa shape index (κ1) is 12.1. The van der Waals surface area contributed by atoms with Crippen molar-refractivity contribution < 1.29 is 13.2 Å². The predicted molar refractivity (Wildman–Crippen MR) is 51.6 cm³/mol. The summed E-state index contributed by atoms with van der Waals surface area (Å²) in [5.74, 6) is 0.328. The molecule has 2 nitrogen and oxygen atoms in total. The van der Waals surface area contributed by atoms with Gasteiger partial charge in [-0.1, -0.05) is 19.8 Å². The maximum atomic E-state index is 12.5. The van der Waals surface area contributed by atoms with Crippen LogP contribution in [0.2, 0.25) is 0 Å². The van der Waals surface area contributed by atoms with E-state index in [9.17, 15) is 13.2 Å². The Hall–Kier alpha value is -1.00. The summed E-state index contributed by atoms with van der Waals surface area (Å²) in [4.78, 5) is 6.16. The number of hydrogen-bond acceptors (Lipinski definition) is 1. The Bertz CT molecular complexity index is 315. The highest BCUT2D eigenvalue weighted by Gasteiger charge is 2.36. The second-order valence-electron chi connectivity index (χ2n) is 3.60. The van der Waals surface area contributed by atoms with Crippen molar-refractivity contribution in [1.29, 1.82) is 0 Å². The molecule has 86 valence electrons. The lowest BCUT2D eigenvalue weighted by atomic mass is 10.1. The molecule has 0 aromatic carbocycles. The van der Waals surface area contributed by atoms with Crippen LogP contribution in [0.15, 0.2) is 0 Å². The Morgan fingerprint density at radius 3 is 2.47 bits per heavy atom. The van der Waals surface area contributed by atoms with E-state index in [1.54, 1.807) is 6.92 Å². The van der Waals surface area contributed by atoms with Crippen LogP contribution in [-0.4, -0.2) is 9.97 Å². The lowest BCUT2D eigenvalue weighted by Gasteiger charge is -2.05. The van der Waals surface area contributed by atoms with Crippen LogP contribution in [-0.2, 0) is 12.6 Å². The highest BCUT2D eigenvalue weighted by molar-refractivity contribution is 5.17. The van der Waals surface area contributed by atoms with E-state index in [0.717, 1.165) is 19.3 Å². The van der Waals surface area contributed by atoms with Gasteiger partial charge in [0.2, 0.25) is 0 Å². The zero-order valence-corrected chi connectivity index (χ0v) is 8.91. The van der Waals surface area contributed by atoms with Gasteiger partial charge in [-0.15, -0.1) is 0 Å². The average Bonchev–Trinajstić information content (AvgIpc) is 2.47. The van der Waals surface area contributed by atoms with Crippen molar-refractivity contribution in [3.05, 3.63) is 17.2 Å². The molecule has 1 aromatic heterocycles. The summed E-state index contributed by atoms with van der Waals surface area (Å²) in [6.07, 6.45) is -1.22. The number of alkyl halides is 3. The van der Waals surface area contributed by atoms with Crippen molar-refractivity contribution in [1.82, 2.24) is 9.97 Å². The van der Waals surface area contributed by atoms with Crippen molar-refractivity contribution in [2.75, 3.05) is 0 Å². The molecular formula is C10H15F3N2. The number of halogens is 3. The Kier molecular flexibility index (Phi) is 3.77. The van der Waals surface area contributed by atoms with Crippen molar-refractivity contribution in [3.63, 3.8) is 0 Å². The summed E-state index contributed by atoms with van der Waals surface area (Å²) < 4.78 is 37.5. The van der Waals surface area contributed by atoms with E-state index in [2.05, 4.69) is 9.97 Å². The minimum atomic E-state index is -4.34. The maximum absolute atomic E-state index is 12.5. The van der Waals surface area contributed by atoms with Crippen molar-refractivity contribution in [2.45, 2.75) is 45.7 Å². The quantitative estimate of drug-likeness (QED) is 0.773. The minimum Gasteiger partial charge on any atom is -0.346 e. The van der Waals surface area contributed by atoms with Gasteiger partial charge in [0, 0.05) is 5.69 Å². The van der Waals surface area contributed by atoms with Gasteiger partial charge in [0.05, 0.1) is 0 Å². The van der Waals surface area contributed by atoms with E-state index < -0.39 is 11.9 Å². The summed E-state index contributed by atoms with van der Waals surface area (Å²) in [7, 11) is 0. The molecule has 0 saturated heterocycles. The molecule has 1 heterocycles. The Balaban J connectivity index is 2.78. The lowest BCUT2D eigenvalue weighted by molar-refractivity contribution is -0.141. The third kappa shape index (κ3) is 3.25. The third-order valence-electron chi connectivity index (χ3n) is 2.20. The smallest absolute Gasteiger partial charge is 0.346 e. The van der Waals surface area contributed by atoms with E-state index in [1.165, 1.54) is 0 Å². The summed E-state index contributed by atoms with van der Waals surface area (Å²) >= 11 is 0. The number of hydrogen-bond donors (Lipinski definition) is 1. The number of rotatable bonds is 4. The predicted octanol–water partition coefficient (Wildman–Crippen LogP) is 3.47. The number of aromatic nitrogens is 2. The van der Waals surface area contributed by atoms with E-state index >= 15 is 0 Å². The standard InChI is InChI=1S/C10H15F3N2/c1-3-4-5-6-8-9(10(11,12)13)15-7(2)14-8/h3-6H2,1-2H3,(H,14,15). The molecule has 5 heteroatoms. The van der Waals surface area contributed by atoms with Crippen LogP contribution in [0.5, 0.6) is 0 Å². The van der Waals surface area contributed by atoms with E-state index in [4.69, 9.17) is 0 Å². The molecule has 0 aliphatic carbocycles. The molecule has 0 aliphatic heterocycles. The van der Waals surface area contributed by atoms with Crippen LogP contribution in [0.3, 0.4) is 0 Å². The van der Waals surface area contributed by atoms with Gasteiger partial charge in [-0.3, -0.25) is 0 Å². The average molecular weight is 220 g/mol. The summed E-state index contributed by atoms with van der Waals surface area (Å²) in [5, 5.41) is 0. The fraction of sp³-hybridized carbons (Fsp3) is 0.700. The molecule has 15 heavy (non-hydrogen) atoms. The molecule has 0 atom stereocenters. The zero-order chi connectivity index (χ0) is 11.5. The first-order valence-corrected chi connectivity index (χ1v) is 5.07. The van der Waals surface area contributed by atoms with Gasteiger partial charge < -0.3 is 4.98 Å². The molecule has 1 rings (SSSR count). The third-order valence-corrected chi connectivity index (χ3v) is 2.20. The molecule has 0 bridgehead atoms. The Morgan fingerprint density at radius 2 is 1.93 bits per heavy atom. The first-order chi connectivity index (χ1) is 6.95. The van der Waals surface area contributed by atoms with Crippen LogP contribution in [0.1, 0.15) is 43.4 Å². The number of nitrogens with zero attached hydrogens (tertiary/aromatic N) is 1. The van der Waals surface area contributed by atoms with Gasteiger partial charge in [0.1, 0.15) is 5.82 Å². The fourth-order valence-corrected chi connectivity index (χ4v) is 1.51. The topological polar surface area (TPSA) is 28.7 Å². The Morgan fingerprint density at radius 1 is 1.27 bits per heavy atom. The summed E-state index contributed by atoms with van der Waals surface area (Å²) in [6.45, 7) is 3.56. The van der Waals surface area contributed by atoms with Gasteiger partial charge in [0.25, 0.3) is 0 Å². The summed E-state index contributed by atoms with van der Waals surface area (Å²) in [5.41, 5.74) is -0.537. The lowest BCUT2D eigenvalue weighted by Crippen LogP contribution is -2.09. The SMILES string of the molecule is CCCCCc1[nH]c(C)nc1C(F)(F)F. The van der Waals surface area contributed by atoms with Crippen molar-refractivity contribution in [3.8, 4) is 0 Å². The normalized spacial score (nSPS) is 12.1. The van der Waals surface area contributed by atoms with Crippen molar-refractivity contribution >= 4 is 0 Å². The van der Waals surface area contributed by atoms with Gasteiger partial charge in [0.15, 0.2) is 5.69 Å². The first-order valence-electron chi connectivity index (χ1n) is 5.07. The van der Waals surface area contributed by atoms with E-state index in [-0.39, 0.29) is 5.69 Å². The van der Waals surface area contributed by atoms with Gasteiger partial charge in [-0.05, 0) is 19.8 Å². The molecule has 1 N–H and O–H groups in total. The number of aromatic amines is 1. The molecule has 0 fully saturated rings. The second-order valence-corrected chi connectivity index (χ2v) is 3.60. The number of nitrogens with one attached hydrogen (secondary N) is 1. The largest absolute Gasteiger partial charge is 0.435 e. The van der Waals surface area contributed by atoms with E-state index in [1.807, 2.05) is 6.92 Å².